The topological polar surface area (TPSA) is 78.4 Å². The summed E-state index contributed by atoms with van der Waals surface area (Å²) in [6.45, 7) is 8.50. The third-order valence-electron chi connectivity index (χ3n) is 2.77. The van der Waals surface area contributed by atoms with Gasteiger partial charge >= 0.3 is 5.97 Å². The van der Waals surface area contributed by atoms with Crippen molar-refractivity contribution in [2.45, 2.75) is 39.7 Å². The molecule has 0 aromatic heterocycles. The van der Waals surface area contributed by atoms with E-state index in [9.17, 15) is 9.59 Å². The standard InChI is InChI=1S/C15H22N2O3/c1-10-5-6-11(14(19)20)9-12(10)17-13(18)7-8-16-15(2,3)4/h5-6,9,16H,7-8H2,1-4H3,(H,17,18)(H,19,20). The highest BCUT2D eigenvalue weighted by Crippen LogP contribution is 2.17. The van der Waals surface area contributed by atoms with Gasteiger partial charge in [0.1, 0.15) is 0 Å². The highest BCUT2D eigenvalue weighted by molar-refractivity contribution is 5.94. The molecule has 0 aliphatic rings. The van der Waals surface area contributed by atoms with E-state index in [0.717, 1.165) is 5.56 Å². The molecule has 0 aliphatic heterocycles. The smallest absolute Gasteiger partial charge is 0.335 e. The second-order valence-electron chi connectivity index (χ2n) is 5.81. The molecule has 1 aromatic rings. The number of anilines is 1. The molecule has 0 atom stereocenters. The molecule has 20 heavy (non-hydrogen) atoms. The van der Waals surface area contributed by atoms with Crippen molar-refractivity contribution in [1.29, 1.82) is 0 Å². The number of amides is 1. The number of carbonyl (C=O) groups excluding carboxylic acids is 1. The lowest BCUT2D eigenvalue weighted by atomic mass is 10.1. The van der Waals surface area contributed by atoms with Crippen LogP contribution in [0, 0.1) is 6.92 Å². The Kier molecular flexibility index (Phi) is 5.27. The van der Waals surface area contributed by atoms with Crippen molar-refractivity contribution in [3.8, 4) is 0 Å². The molecule has 0 aliphatic carbocycles. The number of aryl methyl sites for hydroxylation is 1. The van der Waals surface area contributed by atoms with Gasteiger partial charge in [-0.25, -0.2) is 4.79 Å². The Labute approximate surface area is 119 Å². The molecule has 0 saturated carbocycles. The SMILES string of the molecule is Cc1ccc(C(=O)O)cc1NC(=O)CCNC(C)(C)C. The van der Waals surface area contributed by atoms with E-state index in [0.29, 0.717) is 18.7 Å². The van der Waals surface area contributed by atoms with Crippen LogP contribution in [0.4, 0.5) is 5.69 Å². The Morgan fingerprint density at radius 2 is 1.90 bits per heavy atom. The number of carboxylic acid groups (broad SMARTS) is 1. The molecule has 5 heteroatoms. The second-order valence-corrected chi connectivity index (χ2v) is 5.81. The summed E-state index contributed by atoms with van der Waals surface area (Å²) in [6, 6.07) is 4.69. The maximum Gasteiger partial charge on any atom is 0.335 e. The van der Waals surface area contributed by atoms with Crippen LogP contribution in [0.1, 0.15) is 43.1 Å². The number of benzene rings is 1. The van der Waals surface area contributed by atoms with E-state index in [1.165, 1.54) is 12.1 Å². The molecule has 0 radical (unpaired) electrons. The van der Waals surface area contributed by atoms with E-state index in [1.807, 2.05) is 27.7 Å². The van der Waals surface area contributed by atoms with E-state index in [2.05, 4.69) is 10.6 Å². The van der Waals surface area contributed by atoms with Crippen LogP contribution in [0.3, 0.4) is 0 Å². The molecule has 1 aromatic carbocycles. The molecule has 1 rings (SSSR count). The highest BCUT2D eigenvalue weighted by Gasteiger charge is 2.11. The number of carbonyl (C=O) groups is 2. The molecule has 0 unspecified atom stereocenters. The lowest BCUT2D eigenvalue weighted by molar-refractivity contribution is -0.116. The van der Waals surface area contributed by atoms with E-state index in [1.54, 1.807) is 6.07 Å². The molecular weight excluding hydrogens is 256 g/mol. The van der Waals surface area contributed by atoms with Crippen LogP contribution in [0.2, 0.25) is 0 Å². The molecule has 0 fully saturated rings. The fourth-order valence-electron chi connectivity index (χ4n) is 1.65. The molecule has 1 amide bonds. The minimum atomic E-state index is -1.00. The Morgan fingerprint density at radius 1 is 1.25 bits per heavy atom. The fourth-order valence-corrected chi connectivity index (χ4v) is 1.65. The summed E-state index contributed by atoms with van der Waals surface area (Å²) in [6.07, 6.45) is 0.341. The first-order valence-corrected chi connectivity index (χ1v) is 6.58. The first-order valence-electron chi connectivity index (χ1n) is 6.58. The van der Waals surface area contributed by atoms with Gasteiger partial charge in [-0.2, -0.15) is 0 Å². The zero-order valence-corrected chi connectivity index (χ0v) is 12.4. The third kappa shape index (κ3) is 5.40. The quantitative estimate of drug-likeness (QED) is 0.773. The summed E-state index contributed by atoms with van der Waals surface area (Å²) in [7, 11) is 0. The molecule has 0 heterocycles. The first-order chi connectivity index (χ1) is 9.19. The summed E-state index contributed by atoms with van der Waals surface area (Å²) in [5.74, 6) is -1.14. The maximum atomic E-state index is 11.8. The maximum absolute atomic E-state index is 11.8. The lowest BCUT2D eigenvalue weighted by Crippen LogP contribution is -2.37. The Morgan fingerprint density at radius 3 is 2.45 bits per heavy atom. The summed E-state index contributed by atoms with van der Waals surface area (Å²) < 4.78 is 0. The average Bonchev–Trinajstić information content (AvgIpc) is 2.30. The normalized spacial score (nSPS) is 11.2. The number of hydrogen-bond acceptors (Lipinski definition) is 3. The zero-order valence-electron chi connectivity index (χ0n) is 12.4. The average molecular weight is 278 g/mol. The van der Waals surface area contributed by atoms with Gasteiger partial charge in [-0.15, -0.1) is 0 Å². The predicted octanol–water partition coefficient (Wildman–Crippen LogP) is 2.41. The zero-order chi connectivity index (χ0) is 15.3. The summed E-state index contributed by atoms with van der Waals surface area (Å²) >= 11 is 0. The molecule has 110 valence electrons. The van der Waals surface area contributed by atoms with Gasteiger partial charge in [0.15, 0.2) is 0 Å². The van der Waals surface area contributed by atoms with Gasteiger partial charge in [-0.05, 0) is 45.4 Å². The van der Waals surface area contributed by atoms with Crippen molar-refractivity contribution in [3.63, 3.8) is 0 Å². The largest absolute Gasteiger partial charge is 0.478 e. The van der Waals surface area contributed by atoms with Crippen molar-refractivity contribution >= 4 is 17.6 Å². The van der Waals surface area contributed by atoms with E-state index in [4.69, 9.17) is 5.11 Å². The molecule has 3 N–H and O–H groups in total. The van der Waals surface area contributed by atoms with Crippen LogP contribution in [-0.2, 0) is 4.79 Å². The molecule has 0 bridgehead atoms. The van der Waals surface area contributed by atoms with Crippen molar-refractivity contribution in [1.82, 2.24) is 5.32 Å². The fraction of sp³-hybridized carbons (Fsp3) is 0.467. The van der Waals surface area contributed by atoms with Gasteiger partial charge < -0.3 is 15.7 Å². The summed E-state index contributed by atoms with van der Waals surface area (Å²) in [4.78, 5) is 22.7. The number of hydrogen-bond donors (Lipinski definition) is 3. The Balaban J connectivity index is 2.62. The Hall–Kier alpha value is -1.88. The van der Waals surface area contributed by atoms with Gasteiger partial charge in [0.2, 0.25) is 5.91 Å². The van der Waals surface area contributed by atoms with Crippen LogP contribution in [-0.4, -0.2) is 29.1 Å². The molecule has 5 nitrogen and oxygen atoms in total. The summed E-state index contributed by atoms with van der Waals surface area (Å²) in [5.41, 5.74) is 1.52. The minimum absolute atomic E-state index is 0.0284. The third-order valence-corrected chi connectivity index (χ3v) is 2.77. The van der Waals surface area contributed by atoms with Crippen molar-refractivity contribution in [2.24, 2.45) is 0 Å². The first kappa shape index (κ1) is 16.2. The highest BCUT2D eigenvalue weighted by atomic mass is 16.4. The van der Waals surface area contributed by atoms with Crippen LogP contribution < -0.4 is 10.6 Å². The molecule has 0 saturated heterocycles. The van der Waals surface area contributed by atoms with E-state index < -0.39 is 5.97 Å². The predicted molar refractivity (Wildman–Crippen MR) is 79.1 cm³/mol. The Bertz CT molecular complexity index is 504. The van der Waals surface area contributed by atoms with Crippen molar-refractivity contribution in [3.05, 3.63) is 29.3 Å². The van der Waals surface area contributed by atoms with Gasteiger partial charge in [0.05, 0.1) is 5.56 Å². The second kappa shape index (κ2) is 6.52. The van der Waals surface area contributed by atoms with Crippen LogP contribution >= 0.6 is 0 Å². The number of aromatic carboxylic acids is 1. The molecule has 0 spiro atoms. The molecular formula is C15H22N2O3. The summed E-state index contributed by atoms with van der Waals surface area (Å²) in [5, 5.41) is 14.9. The number of nitrogens with one attached hydrogen (secondary N) is 2. The monoisotopic (exact) mass is 278 g/mol. The van der Waals surface area contributed by atoms with E-state index >= 15 is 0 Å². The van der Waals surface area contributed by atoms with Crippen LogP contribution in [0.25, 0.3) is 0 Å². The number of rotatable bonds is 5. The van der Waals surface area contributed by atoms with Crippen LogP contribution in [0.5, 0.6) is 0 Å². The van der Waals surface area contributed by atoms with Crippen LogP contribution in [0.15, 0.2) is 18.2 Å². The van der Waals surface area contributed by atoms with Crippen molar-refractivity contribution < 1.29 is 14.7 Å². The number of carboxylic acids is 1. The van der Waals surface area contributed by atoms with Gasteiger partial charge in [0, 0.05) is 24.2 Å². The lowest BCUT2D eigenvalue weighted by Gasteiger charge is -2.20. The van der Waals surface area contributed by atoms with Gasteiger partial charge in [-0.3, -0.25) is 4.79 Å². The van der Waals surface area contributed by atoms with Crippen molar-refractivity contribution in [2.75, 3.05) is 11.9 Å². The van der Waals surface area contributed by atoms with E-state index in [-0.39, 0.29) is 17.0 Å². The minimum Gasteiger partial charge on any atom is -0.478 e. The van der Waals surface area contributed by atoms with Gasteiger partial charge in [0.25, 0.3) is 0 Å². The van der Waals surface area contributed by atoms with Gasteiger partial charge in [-0.1, -0.05) is 6.07 Å².